The lowest BCUT2D eigenvalue weighted by Crippen LogP contribution is -2.42. The summed E-state index contributed by atoms with van der Waals surface area (Å²) in [4.78, 5) is 11.5. The number of carboxylic acid groups (broad SMARTS) is 1. The number of methoxy groups -OCH3 is 1. The van der Waals surface area contributed by atoms with Gasteiger partial charge in [-0.05, 0) is 30.5 Å². The van der Waals surface area contributed by atoms with Gasteiger partial charge in [0.1, 0.15) is 10.6 Å². The largest absolute Gasteiger partial charge is 0.495 e. The third-order valence-corrected chi connectivity index (χ3v) is 4.87. The van der Waals surface area contributed by atoms with E-state index in [0.717, 1.165) is 12.7 Å². The van der Waals surface area contributed by atoms with Crippen molar-refractivity contribution in [2.75, 3.05) is 13.4 Å². The molecule has 0 spiro atoms. The minimum Gasteiger partial charge on any atom is -0.495 e. The van der Waals surface area contributed by atoms with E-state index in [1.807, 2.05) is 0 Å². The number of sulfone groups is 1. The summed E-state index contributed by atoms with van der Waals surface area (Å²) in [5.41, 5.74) is -0.279. The number of aliphatic carboxylic acids is 1. The average Bonchev–Trinajstić information content (AvgIpc) is 2.25. The number of rotatable bonds is 4. The maximum absolute atomic E-state index is 11.6. The number of benzene rings is 1. The molecule has 0 saturated heterocycles. The highest BCUT2D eigenvalue weighted by atomic mass is 32.2. The zero-order valence-corrected chi connectivity index (χ0v) is 11.7. The van der Waals surface area contributed by atoms with E-state index >= 15 is 0 Å². The molecular weight excluding hydrogens is 268 g/mol. The molecule has 0 unspecified atom stereocenters. The minimum atomic E-state index is -3.39. The number of hydrogen-bond donors (Lipinski definition) is 1. The second kappa shape index (κ2) is 4.52. The summed E-state index contributed by atoms with van der Waals surface area (Å²) in [6.45, 7) is 0. The Morgan fingerprint density at radius 2 is 2.00 bits per heavy atom. The zero-order chi connectivity index (χ0) is 14.3. The van der Waals surface area contributed by atoms with Crippen molar-refractivity contribution in [3.8, 4) is 5.75 Å². The van der Waals surface area contributed by atoms with Crippen molar-refractivity contribution in [2.45, 2.75) is 29.6 Å². The van der Waals surface area contributed by atoms with Crippen LogP contribution < -0.4 is 4.74 Å². The van der Waals surface area contributed by atoms with E-state index in [-0.39, 0.29) is 10.6 Å². The Bertz CT molecular complexity index is 614. The molecule has 104 valence electrons. The Labute approximate surface area is 112 Å². The molecule has 0 radical (unpaired) electrons. The molecule has 0 heterocycles. The molecule has 0 aliphatic heterocycles. The third kappa shape index (κ3) is 2.20. The first-order valence-electron chi connectivity index (χ1n) is 5.93. The normalized spacial score (nSPS) is 17.6. The standard InChI is InChI=1S/C13H16O5S/c1-18-10-8-9(4-5-11(10)19(2,16)17)13(12(14)15)6-3-7-13/h4-5,8H,3,6-7H2,1-2H3,(H,14,15). The SMILES string of the molecule is COc1cc(C2(C(=O)O)CCC2)ccc1S(C)(=O)=O. The fourth-order valence-electron chi connectivity index (χ4n) is 2.43. The van der Waals surface area contributed by atoms with E-state index < -0.39 is 21.2 Å². The lowest BCUT2D eigenvalue weighted by Gasteiger charge is -2.38. The summed E-state index contributed by atoms with van der Waals surface area (Å²) in [5, 5.41) is 9.37. The number of hydrogen-bond acceptors (Lipinski definition) is 4. The maximum Gasteiger partial charge on any atom is 0.314 e. The summed E-state index contributed by atoms with van der Waals surface area (Å²) < 4.78 is 28.3. The highest BCUT2D eigenvalue weighted by Crippen LogP contribution is 2.45. The Morgan fingerprint density at radius 1 is 1.37 bits per heavy atom. The van der Waals surface area contributed by atoms with Crippen molar-refractivity contribution in [1.29, 1.82) is 0 Å². The number of carbonyl (C=O) groups is 1. The predicted octanol–water partition coefficient (Wildman–Crippen LogP) is 1.60. The second-order valence-electron chi connectivity index (χ2n) is 4.88. The molecule has 1 N–H and O–H groups in total. The van der Waals surface area contributed by atoms with Crippen molar-refractivity contribution >= 4 is 15.8 Å². The van der Waals surface area contributed by atoms with Gasteiger partial charge in [-0.25, -0.2) is 8.42 Å². The second-order valence-corrected chi connectivity index (χ2v) is 6.86. The van der Waals surface area contributed by atoms with Gasteiger partial charge < -0.3 is 9.84 Å². The minimum absolute atomic E-state index is 0.0820. The van der Waals surface area contributed by atoms with E-state index in [2.05, 4.69) is 0 Å². The molecule has 1 saturated carbocycles. The monoisotopic (exact) mass is 284 g/mol. The highest BCUT2D eigenvalue weighted by molar-refractivity contribution is 7.90. The number of ether oxygens (including phenoxy) is 1. The van der Waals surface area contributed by atoms with Crippen LogP contribution in [0.1, 0.15) is 24.8 Å². The molecule has 1 aromatic carbocycles. The fraction of sp³-hybridized carbons (Fsp3) is 0.462. The van der Waals surface area contributed by atoms with Crippen molar-refractivity contribution in [3.05, 3.63) is 23.8 Å². The lowest BCUT2D eigenvalue weighted by molar-refractivity contribution is -0.147. The number of carboxylic acids is 1. The van der Waals surface area contributed by atoms with Crippen LogP contribution in [0.4, 0.5) is 0 Å². The Balaban J connectivity index is 2.54. The van der Waals surface area contributed by atoms with E-state index in [9.17, 15) is 18.3 Å². The summed E-state index contributed by atoms with van der Waals surface area (Å²) in [6, 6.07) is 4.53. The molecule has 6 heteroatoms. The molecule has 1 aliphatic carbocycles. The van der Waals surface area contributed by atoms with Gasteiger partial charge in [0.25, 0.3) is 0 Å². The van der Waals surface area contributed by atoms with Gasteiger partial charge >= 0.3 is 5.97 Å². The summed E-state index contributed by atoms with van der Waals surface area (Å²) in [6.07, 6.45) is 3.11. The van der Waals surface area contributed by atoms with E-state index in [4.69, 9.17) is 4.74 Å². The molecule has 1 aliphatic rings. The molecule has 0 aromatic heterocycles. The maximum atomic E-state index is 11.6. The quantitative estimate of drug-likeness (QED) is 0.908. The summed E-state index contributed by atoms with van der Waals surface area (Å²) >= 11 is 0. The van der Waals surface area contributed by atoms with Gasteiger partial charge in [0.15, 0.2) is 9.84 Å². The van der Waals surface area contributed by atoms with Gasteiger partial charge in [0.2, 0.25) is 0 Å². The van der Waals surface area contributed by atoms with Crippen LogP contribution in [0.25, 0.3) is 0 Å². The van der Waals surface area contributed by atoms with E-state index in [1.165, 1.54) is 19.2 Å². The van der Waals surface area contributed by atoms with Crippen LogP contribution in [0.15, 0.2) is 23.1 Å². The first-order chi connectivity index (χ1) is 8.81. The van der Waals surface area contributed by atoms with Crippen LogP contribution >= 0.6 is 0 Å². The molecule has 5 nitrogen and oxygen atoms in total. The smallest absolute Gasteiger partial charge is 0.314 e. The van der Waals surface area contributed by atoms with Crippen molar-refractivity contribution < 1.29 is 23.1 Å². The van der Waals surface area contributed by atoms with Gasteiger partial charge in [-0.3, -0.25) is 4.79 Å². The first-order valence-corrected chi connectivity index (χ1v) is 7.82. The van der Waals surface area contributed by atoms with Gasteiger partial charge in [0, 0.05) is 6.26 Å². The fourth-order valence-corrected chi connectivity index (χ4v) is 3.25. The topological polar surface area (TPSA) is 80.7 Å². The molecule has 0 atom stereocenters. The highest BCUT2D eigenvalue weighted by Gasteiger charge is 2.46. The summed E-state index contributed by atoms with van der Waals surface area (Å²) in [5.74, 6) is -0.666. The van der Waals surface area contributed by atoms with Crippen LogP contribution in [0, 0.1) is 0 Å². The molecule has 0 amide bonds. The third-order valence-electron chi connectivity index (χ3n) is 3.73. The molecule has 2 rings (SSSR count). The summed E-state index contributed by atoms with van der Waals surface area (Å²) in [7, 11) is -2.01. The lowest BCUT2D eigenvalue weighted by atomic mass is 9.64. The van der Waals surface area contributed by atoms with Gasteiger partial charge in [-0.1, -0.05) is 12.5 Å². The average molecular weight is 284 g/mol. The van der Waals surface area contributed by atoms with Crippen LogP contribution in [0.3, 0.4) is 0 Å². The zero-order valence-electron chi connectivity index (χ0n) is 10.8. The molecule has 19 heavy (non-hydrogen) atoms. The van der Waals surface area contributed by atoms with Crippen LogP contribution in [0.2, 0.25) is 0 Å². The van der Waals surface area contributed by atoms with E-state index in [1.54, 1.807) is 6.07 Å². The molecule has 1 fully saturated rings. The van der Waals surface area contributed by atoms with E-state index in [0.29, 0.717) is 18.4 Å². The van der Waals surface area contributed by atoms with Crippen molar-refractivity contribution in [3.63, 3.8) is 0 Å². The molecule has 1 aromatic rings. The van der Waals surface area contributed by atoms with Gasteiger partial charge in [0.05, 0.1) is 12.5 Å². The Kier molecular flexibility index (Phi) is 3.30. The van der Waals surface area contributed by atoms with Crippen molar-refractivity contribution in [2.24, 2.45) is 0 Å². The molecular formula is C13H16O5S. The Hall–Kier alpha value is -1.56. The first kappa shape index (κ1) is 13.9. The van der Waals surface area contributed by atoms with Crippen LogP contribution in [-0.4, -0.2) is 32.9 Å². The van der Waals surface area contributed by atoms with Crippen LogP contribution in [-0.2, 0) is 20.0 Å². The van der Waals surface area contributed by atoms with Gasteiger partial charge in [-0.2, -0.15) is 0 Å². The Morgan fingerprint density at radius 3 is 2.37 bits per heavy atom. The van der Waals surface area contributed by atoms with Gasteiger partial charge in [-0.15, -0.1) is 0 Å². The van der Waals surface area contributed by atoms with Crippen molar-refractivity contribution in [1.82, 2.24) is 0 Å². The van der Waals surface area contributed by atoms with Crippen LogP contribution in [0.5, 0.6) is 5.75 Å². The predicted molar refractivity (Wildman–Crippen MR) is 69.3 cm³/mol. The molecule has 0 bridgehead atoms.